The second-order valence-corrected chi connectivity index (χ2v) is 5.23. The lowest BCUT2D eigenvalue weighted by atomic mass is 10.0. The molecule has 2 N–H and O–H groups in total. The number of allylic oxidation sites excluding steroid dienone is 4. The predicted octanol–water partition coefficient (Wildman–Crippen LogP) is 5.37. The predicted molar refractivity (Wildman–Crippen MR) is 81.6 cm³/mol. The van der Waals surface area contributed by atoms with Crippen molar-refractivity contribution in [3.63, 3.8) is 0 Å². The number of rotatable bonds is 0. The van der Waals surface area contributed by atoms with E-state index in [1.807, 2.05) is 0 Å². The lowest BCUT2D eigenvalue weighted by molar-refractivity contribution is 0.0802. The molecule has 5 nitrogen and oxygen atoms in total. The van der Waals surface area contributed by atoms with Crippen molar-refractivity contribution >= 4 is 12.3 Å². The summed E-state index contributed by atoms with van der Waals surface area (Å²) in [7, 11) is 0. The summed E-state index contributed by atoms with van der Waals surface area (Å²) in [5.41, 5.74) is 3.18. The molecule has 2 aliphatic carbocycles. The van der Waals surface area contributed by atoms with Gasteiger partial charge in [0.05, 0.1) is 0 Å². The Labute approximate surface area is 126 Å². The van der Waals surface area contributed by atoms with Crippen LogP contribution in [-0.4, -0.2) is 22.5 Å². The maximum absolute atomic E-state index is 9.21. The largest absolute Gasteiger partial charge is 0.516 e. The fraction of sp³-hybridized carbons (Fsp3) is 0.625. The van der Waals surface area contributed by atoms with Crippen LogP contribution in [0.5, 0.6) is 0 Å². The molecule has 2 rings (SSSR count). The summed E-state index contributed by atoms with van der Waals surface area (Å²) in [6, 6.07) is 0. The summed E-state index contributed by atoms with van der Waals surface area (Å²) in [6.07, 6.45) is 12.1. The SMILES string of the molecule is CC1=CCCCC1.CC1=CCCCC1.O=C(O)OC(=O)O. The van der Waals surface area contributed by atoms with Gasteiger partial charge in [-0.05, 0) is 65.2 Å². The maximum Gasteiger partial charge on any atom is 0.516 e. The Morgan fingerprint density at radius 1 is 0.857 bits per heavy atom. The van der Waals surface area contributed by atoms with Gasteiger partial charge in [-0.15, -0.1) is 0 Å². The fourth-order valence-electron chi connectivity index (χ4n) is 2.07. The van der Waals surface area contributed by atoms with Crippen LogP contribution in [0, 0.1) is 0 Å². The van der Waals surface area contributed by atoms with E-state index in [4.69, 9.17) is 10.2 Å². The highest BCUT2D eigenvalue weighted by Crippen LogP contribution is 2.16. The van der Waals surface area contributed by atoms with Crippen molar-refractivity contribution in [1.82, 2.24) is 0 Å². The van der Waals surface area contributed by atoms with Crippen LogP contribution in [0.3, 0.4) is 0 Å². The lowest BCUT2D eigenvalue weighted by Gasteiger charge is -2.05. The summed E-state index contributed by atoms with van der Waals surface area (Å²) in [6.45, 7) is 4.44. The molecule has 0 atom stereocenters. The quantitative estimate of drug-likeness (QED) is 0.356. The van der Waals surface area contributed by atoms with E-state index in [0.29, 0.717) is 0 Å². The Morgan fingerprint density at radius 2 is 1.24 bits per heavy atom. The van der Waals surface area contributed by atoms with Crippen molar-refractivity contribution in [3.05, 3.63) is 23.3 Å². The monoisotopic (exact) mass is 298 g/mol. The minimum atomic E-state index is -1.81. The average molecular weight is 298 g/mol. The third-order valence-electron chi connectivity index (χ3n) is 3.21. The highest BCUT2D eigenvalue weighted by molar-refractivity contribution is 5.74. The molecule has 0 fully saturated rings. The summed E-state index contributed by atoms with van der Waals surface area (Å²) in [5.74, 6) is 0. The van der Waals surface area contributed by atoms with Crippen LogP contribution in [0.1, 0.15) is 65.2 Å². The zero-order valence-electron chi connectivity index (χ0n) is 12.9. The highest BCUT2D eigenvalue weighted by Gasteiger charge is 2.01. The molecule has 0 heterocycles. The first kappa shape index (κ1) is 19.2. The Hall–Kier alpha value is -1.78. The summed E-state index contributed by atoms with van der Waals surface area (Å²) >= 11 is 0. The molecular weight excluding hydrogens is 272 g/mol. The molecular formula is C16H26O5. The molecule has 0 radical (unpaired) electrons. The third kappa shape index (κ3) is 14.4. The summed E-state index contributed by atoms with van der Waals surface area (Å²) in [4.78, 5) is 18.4. The Balaban J connectivity index is 0.000000286. The summed E-state index contributed by atoms with van der Waals surface area (Å²) < 4.78 is 3.08. The van der Waals surface area contributed by atoms with Crippen LogP contribution in [-0.2, 0) is 4.74 Å². The van der Waals surface area contributed by atoms with E-state index in [9.17, 15) is 9.59 Å². The van der Waals surface area contributed by atoms with Crippen molar-refractivity contribution in [3.8, 4) is 0 Å². The van der Waals surface area contributed by atoms with Gasteiger partial charge in [0.15, 0.2) is 0 Å². The smallest absolute Gasteiger partial charge is 0.449 e. The molecule has 0 unspecified atom stereocenters. The van der Waals surface area contributed by atoms with Crippen LogP contribution < -0.4 is 0 Å². The normalized spacial score (nSPS) is 16.9. The van der Waals surface area contributed by atoms with Crippen molar-refractivity contribution in [2.45, 2.75) is 65.2 Å². The van der Waals surface area contributed by atoms with Gasteiger partial charge >= 0.3 is 12.3 Å². The van der Waals surface area contributed by atoms with Gasteiger partial charge in [-0.1, -0.05) is 23.3 Å². The van der Waals surface area contributed by atoms with E-state index in [0.717, 1.165) is 0 Å². The number of carboxylic acid groups (broad SMARTS) is 2. The molecule has 0 aromatic heterocycles. The standard InChI is InChI=1S/2C7H12.C2H2O5/c2*1-7-5-3-2-4-6-7;3-1(4)7-2(5)6/h2*5H,2-4,6H2,1H3;(H,3,4)(H,5,6). The van der Waals surface area contributed by atoms with Gasteiger partial charge in [-0.25, -0.2) is 9.59 Å². The lowest BCUT2D eigenvalue weighted by Crippen LogP contribution is -2.05. The van der Waals surface area contributed by atoms with E-state index in [1.165, 1.54) is 51.4 Å². The van der Waals surface area contributed by atoms with E-state index in [1.54, 1.807) is 11.1 Å². The third-order valence-corrected chi connectivity index (χ3v) is 3.21. The van der Waals surface area contributed by atoms with Gasteiger partial charge in [0.25, 0.3) is 0 Å². The number of hydrogen-bond acceptors (Lipinski definition) is 3. The van der Waals surface area contributed by atoms with E-state index < -0.39 is 12.3 Å². The molecule has 21 heavy (non-hydrogen) atoms. The Kier molecular flexibility index (Phi) is 11.0. The molecule has 5 heteroatoms. The second kappa shape index (κ2) is 12.0. The van der Waals surface area contributed by atoms with Gasteiger partial charge in [0.1, 0.15) is 0 Å². The zero-order valence-corrected chi connectivity index (χ0v) is 12.9. The molecule has 0 aromatic rings. The van der Waals surface area contributed by atoms with Crippen molar-refractivity contribution < 1.29 is 24.5 Å². The molecule has 0 spiro atoms. The van der Waals surface area contributed by atoms with Crippen LogP contribution >= 0.6 is 0 Å². The van der Waals surface area contributed by atoms with Crippen LogP contribution in [0.2, 0.25) is 0 Å². The molecule has 2 aliphatic rings. The summed E-state index contributed by atoms with van der Waals surface area (Å²) in [5, 5.41) is 15.0. The molecule has 0 amide bonds. The Bertz CT molecular complexity index is 346. The minimum Gasteiger partial charge on any atom is -0.449 e. The first-order valence-electron chi connectivity index (χ1n) is 7.36. The van der Waals surface area contributed by atoms with Crippen LogP contribution in [0.4, 0.5) is 9.59 Å². The van der Waals surface area contributed by atoms with Crippen LogP contribution in [0.15, 0.2) is 23.3 Å². The van der Waals surface area contributed by atoms with Gasteiger partial charge in [-0.3, -0.25) is 0 Å². The van der Waals surface area contributed by atoms with Crippen molar-refractivity contribution in [2.75, 3.05) is 0 Å². The van der Waals surface area contributed by atoms with E-state index in [2.05, 4.69) is 30.7 Å². The fourth-order valence-corrected chi connectivity index (χ4v) is 2.07. The maximum atomic E-state index is 9.21. The van der Waals surface area contributed by atoms with Crippen molar-refractivity contribution in [2.24, 2.45) is 0 Å². The van der Waals surface area contributed by atoms with E-state index in [-0.39, 0.29) is 0 Å². The topological polar surface area (TPSA) is 83.8 Å². The number of hydrogen-bond donors (Lipinski definition) is 2. The number of carbonyl (C=O) groups is 2. The first-order valence-corrected chi connectivity index (χ1v) is 7.36. The highest BCUT2D eigenvalue weighted by atomic mass is 16.7. The molecule has 0 aliphatic heterocycles. The minimum absolute atomic E-state index is 1.33. The van der Waals surface area contributed by atoms with Gasteiger partial charge in [0, 0.05) is 0 Å². The first-order chi connectivity index (χ1) is 9.91. The van der Waals surface area contributed by atoms with Gasteiger partial charge in [0.2, 0.25) is 0 Å². The second-order valence-electron chi connectivity index (χ2n) is 5.23. The van der Waals surface area contributed by atoms with E-state index >= 15 is 0 Å². The molecule has 0 bridgehead atoms. The number of ether oxygens (including phenoxy) is 1. The average Bonchev–Trinajstić information content (AvgIpc) is 2.40. The van der Waals surface area contributed by atoms with Gasteiger partial charge < -0.3 is 14.9 Å². The Morgan fingerprint density at radius 3 is 1.33 bits per heavy atom. The molecule has 120 valence electrons. The zero-order chi connectivity index (χ0) is 16.1. The van der Waals surface area contributed by atoms with Crippen molar-refractivity contribution in [1.29, 1.82) is 0 Å². The molecule has 0 aromatic carbocycles. The molecule has 0 saturated heterocycles. The molecule has 0 saturated carbocycles. The van der Waals surface area contributed by atoms with Gasteiger partial charge in [-0.2, -0.15) is 0 Å². The van der Waals surface area contributed by atoms with Crippen LogP contribution in [0.25, 0.3) is 0 Å².